The molecule has 4 heteroatoms. The average molecular weight is 295 g/mol. The monoisotopic (exact) mass is 294 g/mol. The molecule has 2 aromatic heterocycles. The van der Waals surface area contributed by atoms with Crippen LogP contribution in [0.5, 0.6) is 0 Å². The van der Waals surface area contributed by atoms with E-state index in [1.54, 1.807) is 0 Å². The summed E-state index contributed by atoms with van der Waals surface area (Å²) in [5, 5.41) is 0. The fourth-order valence-corrected chi connectivity index (χ4v) is 1.99. The second-order valence-corrected chi connectivity index (χ2v) is 4.83. The lowest BCUT2D eigenvalue weighted by atomic mass is 10.2. The molecule has 0 fully saturated rings. The highest BCUT2D eigenvalue weighted by Crippen LogP contribution is 2.15. The molecule has 2 aromatic rings. The summed E-state index contributed by atoms with van der Waals surface area (Å²) >= 11 is 3.31. The van der Waals surface area contributed by atoms with Crippen molar-refractivity contribution in [2.45, 2.75) is 13.0 Å². The first kappa shape index (κ1) is 12.3. The molecule has 0 unspecified atom stereocenters. The van der Waals surface area contributed by atoms with Gasteiger partial charge < -0.3 is 4.42 Å². The Balaban J connectivity index is 1.80. The van der Waals surface area contributed by atoms with Crippen LogP contribution in [0.15, 0.2) is 45.7 Å². The molecule has 2 rings (SSSR count). The van der Waals surface area contributed by atoms with Gasteiger partial charge in [0, 0.05) is 18.9 Å². The third kappa shape index (κ3) is 3.98. The summed E-state index contributed by atoms with van der Waals surface area (Å²) in [4.78, 5) is 6.25. The zero-order valence-corrected chi connectivity index (χ0v) is 11.4. The maximum atomic E-state index is 5.47. The molecule has 0 saturated carbocycles. The Morgan fingerprint density at radius 1 is 1.24 bits per heavy atom. The second kappa shape index (κ2) is 5.98. The van der Waals surface area contributed by atoms with Gasteiger partial charge in [-0.15, -0.1) is 0 Å². The van der Waals surface area contributed by atoms with Crippen molar-refractivity contribution in [3.8, 4) is 0 Å². The summed E-state index contributed by atoms with van der Waals surface area (Å²) in [7, 11) is 2.09. The predicted molar refractivity (Wildman–Crippen MR) is 70.7 cm³/mol. The lowest BCUT2D eigenvalue weighted by Gasteiger charge is -2.14. The van der Waals surface area contributed by atoms with E-state index in [4.69, 9.17) is 4.42 Å². The van der Waals surface area contributed by atoms with Crippen molar-refractivity contribution in [3.63, 3.8) is 0 Å². The minimum Gasteiger partial charge on any atom is -0.453 e. The Morgan fingerprint density at radius 3 is 2.65 bits per heavy atom. The maximum Gasteiger partial charge on any atom is 0.169 e. The van der Waals surface area contributed by atoms with Gasteiger partial charge >= 0.3 is 0 Å². The lowest BCUT2D eigenvalue weighted by Crippen LogP contribution is -2.20. The van der Waals surface area contributed by atoms with Gasteiger partial charge in [0.25, 0.3) is 0 Å². The molecule has 0 atom stereocenters. The minimum atomic E-state index is 0.787. The van der Waals surface area contributed by atoms with Crippen molar-refractivity contribution in [2.24, 2.45) is 0 Å². The van der Waals surface area contributed by atoms with Crippen molar-refractivity contribution in [3.05, 3.63) is 52.7 Å². The van der Waals surface area contributed by atoms with E-state index in [-0.39, 0.29) is 0 Å². The number of nitrogens with zero attached hydrogens (tertiary/aromatic N) is 2. The smallest absolute Gasteiger partial charge is 0.169 e. The fraction of sp³-hybridized carbons (Fsp3) is 0.308. The summed E-state index contributed by atoms with van der Waals surface area (Å²) in [6.45, 7) is 1.83. The largest absolute Gasteiger partial charge is 0.453 e. The second-order valence-electron chi connectivity index (χ2n) is 4.05. The number of halogens is 1. The molecule has 0 spiro atoms. The first-order valence-electron chi connectivity index (χ1n) is 5.56. The van der Waals surface area contributed by atoms with E-state index in [0.717, 1.165) is 29.9 Å². The van der Waals surface area contributed by atoms with E-state index in [1.165, 1.54) is 5.56 Å². The van der Waals surface area contributed by atoms with Crippen LogP contribution < -0.4 is 0 Å². The van der Waals surface area contributed by atoms with Gasteiger partial charge in [-0.2, -0.15) is 0 Å². The molecule has 0 aliphatic rings. The third-order valence-electron chi connectivity index (χ3n) is 2.59. The Labute approximate surface area is 110 Å². The number of likely N-dealkylation sites (N-methyl/N-ethyl adjacent to an activating group) is 1. The zero-order chi connectivity index (χ0) is 12.1. The minimum absolute atomic E-state index is 0.787. The van der Waals surface area contributed by atoms with Crippen LogP contribution in [0.4, 0.5) is 0 Å². The van der Waals surface area contributed by atoms with Gasteiger partial charge in [-0.05, 0) is 59.2 Å². The molecular weight excluding hydrogens is 280 g/mol. The van der Waals surface area contributed by atoms with Gasteiger partial charge in [-0.3, -0.25) is 9.88 Å². The standard InChI is InChI=1S/C13H15BrN2O/c1-16(10-12-2-3-13(14)17-12)9-6-11-4-7-15-8-5-11/h2-5,7-8H,6,9-10H2,1H3. The number of furan rings is 1. The van der Waals surface area contributed by atoms with E-state index in [9.17, 15) is 0 Å². The Bertz CT molecular complexity index is 455. The van der Waals surface area contributed by atoms with E-state index < -0.39 is 0 Å². The van der Waals surface area contributed by atoms with Crippen molar-refractivity contribution in [1.82, 2.24) is 9.88 Å². The number of pyridine rings is 1. The molecule has 0 saturated heterocycles. The number of hydrogen-bond acceptors (Lipinski definition) is 3. The summed E-state index contributed by atoms with van der Waals surface area (Å²) < 4.78 is 6.26. The SMILES string of the molecule is CN(CCc1ccncc1)Cc1ccc(Br)o1. The van der Waals surface area contributed by atoms with Gasteiger partial charge in [-0.25, -0.2) is 0 Å². The summed E-state index contributed by atoms with van der Waals surface area (Å²) in [5.74, 6) is 0.981. The maximum absolute atomic E-state index is 5.47. The molecule has 0 aromatic carbocycles. The highest BCUT2D eigenvalue weighted by Gasteiger charge is 2.04. The van der Waals surface area contributed by atoms with Gasteiger partial charge in [-0.1, -0.05) is 0 Å². The molecule has 17 heavy (non-hydrogen) atoms. The highest BCUT2D eigenvalue weighted by molar-refractivity contribution is 9.10. The normalized spacial score (nSPS) is 11.0. The van der Waals surface area contributed by atoms with Crippen LogP contribution in [-0.4, -0.2) is 23.5 Å². The molecule has 0 aliphatic heterocycles. The lowest BCUT2D eigenvalue weighted by molar-refractivity contribution is 0.295. The summed E-state index contributed by atoms with van der Waals surface area (Å²) in [6.07, 6.45) is 4.69. The van der Waals surface area contributed by atoms with Crippen molar-refractivity contribution < 1.29 is 4.42 Å². The van der Waals surface area contributed by atoms with Crippen LogP contribution >= 0.6 is 15.9 Å². The first-order valence-corrected chi connectivity index (χ1v) is 6.35. The van der Waals surface area contributed by atoms with Crippen LogP contribution in [0, 0.1) is 0 Å². The molecule has 3 nitrogen and oxygen atoms in total. The Hall–Kier alpha value is -1.13. The van der Waals surface area contributed by atoms with Crippen LogP contribution in [0.25, 0.3) is 0 Å². The van der Waals surface area contributed by atoms with Crippen LogP contribution in [0.1, 0.15) is 11.3 Å². The first-order chi connectivity index (χ1) is 8.24. The summed E-state index contributed by atoms with van der Waals surface area (Å²) in [6, 6.07) is 8.02. The van der Waals surface area contributed by atoms with Crippen LogP contribution in [0.2, 0.25) is 0 Å². The topological polar surface area (TPSA) is 29.3 Å². The van der Waals surface area contributed by atoms with E-state index in [1.807, 2.05) is 24.5 Å². The molecular formula is C13H15BrN2O. The van der Waals surface area contributed by atoms with Gasteiger partial charge in [0.1, 0.15) is 5.76 Å². The van der Waals surface area contributed by atoms with Gasteiger partial charge in [0.2, 0.25) is 0 Å². The highest BCUT2D eigenvalue weighted by atomic mass is 79.9. The van der Waals surface area contributed by atoms with Gasteiger partial charge in [0.05, 0.1) is 6.54 Å². The van der Waals surface area contributed by atoms with Gasteiger partial charge in [0.15, 0.2) is 4.67 Å². The molecule has 0 bridgehead atoms. The van der Waals surface area contributed by atoms with Crippen molar-refractivity contribution in [2.75, 3.05) is 13.6 Å². The number of rotatable bonds is 5. The molecule has 0 N–H and O–H groups in total. The molecule has 0 amide bonds. The van der Waals surface area contributed by atoms with Crippen molar-refractivity contribution in [1.29, 1.82) is 0 Å². The van der Waals surface area contributed by atoms with E-state index >= 15 is 0 Å². The molecule has 2 heterocycles. The van der Waals surface area contributed by atoms with E-state index in [2.05, 4.69) is 45.0 Å². The molecule has 0 radical (unpaired) electrons. The zero-order valence-electron chi connectivity index (χ0n) is 9.77. The molecule has 90 valence electrons. The fourth-order valence-electron chi connectivity index (χ4n) is 1.65. The third-order valence-corrected chi connectivity index (χ3v) is 3.01. The number of aromatic nitrogens is 1. The summed E-state index contributed by atoms with van der Waals surface area (Å²) in [5.41, 5.74) is 1.31. The van der Waals surface area contributed by atoms with E-state index in [0.29, 0.717) is 0 Å². The van der Waals surface area contributed by atoms with Crippen molar-refractivity contribution >= 4 is 15.9 Å². The quantitative estimate of drug-likeness (QED) is 0.848. The Kier molecular flexibility index (Phi) is 4.34. The Morgan fingerprint density at radius 2 is 2.00 bits per heavy atom. The molecule has 0 aliphatic carbocycles. The van der Waals surface area contributed by atoms with Crippen LogP contribution in [0.3, 0.4) is 0 Å². The number of hydrogen-bond donors (Lipinski definition) is 0. The van der Waals surface area contributed by atoms with Crippen LogP contribution in [-0.2, 0) is 13.0 Å². The average Bonchev–Trinajstić information content (AvgIpc) is 2.73. The predicted octanol–water partition coefficient (Wildman–Crippen LogP) is 3.11.